The number of halogens is 2. The summed E-state index contributed by atoms with van der Waals surface area (Å²) in [4.78, 5) is 9.37. The first-order chi connectivity index (χ1) is 14.7. The van der Waals surface area contributed by atoms with Crippen molar-refractivity contribution in [1.82, 2.24) is 20.6 Å². The highest BCUT2D eigenvalue weighted by molar-refractivity contribution is 6.43. The summed E-state index contributed by atoms with van der Waals surface area (Å²) in [6.07, 6.45) is 3.67. The first-order valence-electron chi connectivity index (χ1n) is 9.39. The van der Waals surface area contributed by atoms with Crippen molar-refractivity contribution in [2.75, 3.05) is 25.0 Å². The maximum atomic E-state index is 8.90. The van der Waals surface area contributed by atoms with E-state index in [1.807, 2.05) is 48.6 Å². The van der Waals surface area contributed by atoms with Crippen LogP contribution in [0, 0.1) is 11.3 Å². The molecule has 0 saturated heterocycles. The summed E-state index contributed by atoms with van der Waals surface area (Å²) >= 11 is 12.6. The van der Waals surface area contributed by atoms with Crippen molar-refractivity contribution in [3.05, 3.63) is 76.1 Å². The average molecular weight is 437 g/mol. The molecule has 0 amide bonds. The van der Waals surface area contributed by atoms with Gasteiger partial charge in [-0.05, 0) is 36.4 Å². The van der Waals surface area contributed by atoms with E-state index in [-0.39, 0.29) is 0 Å². The summed E-state index contributed by atoms with van der Waals surface area (Å²) in [5.41, 5.74) is 2.21. The van der Waals surface area contributed by atoms with Crippen LogP contribution in [-0.4, -0.2) is 29.6 Å². The van der Waals surface area contributed by atoms with Gasteiger partial charge in [-0.1, -0.05) is 41.4 Å². The van der Waals surface area contributed by atoms with Crippen LogP contribution < -0.4 is 16.0 Å². The number of aromatic nitrogens is 2. The van der Waals surface area contributed by atoms with Crippen LogP contribution in [0.2, 0.25) is 10.0 Å². The Balaban J connectivity index is 1.53. The van der Waals surface area contributed by atoms with Crippen LogP contribution in [0.5, 0.6) is 0 Å². The predicted octanol–water partition coefficient (Wildman–Crippen LogP) is 4.50. The third kappa shape index (κ3) is 4.33. The molecule has 1 aliphatic heterocycles. The van der Waals surface area contributed by atoms with Crippen molar-refractivity contribution in [2.24, 2.45) is 0 Å². The number of nitrogens with zero attached hydrogens (tertiary/aromatic N) is 3. The number of benzene rings is 2. The minimum Gasteiger partial charge on any atom is -0.370 e. The van der Waals surface area contributed by atoms with E-state index in [1.54, 1.807) is 6.07 Å². The minimum absolute atomic E-state index is 0.433. The Kier molecular flexibility index (Phi) is 6.03. The van der Waals surface area contributed by atoms with E-state index in [1.165, 1.54) is 0 Å². The van der Waals surface area contributed by atoms with Gasteiger partial charge in [0.25, 0.3) is 0 Å². The number of hydrogen-bond donors (Lipinski definition) is 3. The Hall–Kier alpha value is -3.27. The Morgan fingerprint density at radius 2 is 1.83 bits per heavy atom. The number of dihydropyridines is 1. The normalized spacial score (nSPS) is 13.1. The van der Waals surface area contributed by atoms with Crippen molar-refractivity contribution < 1.29 is 0 Å². The number of rotatable bonds is 6. The molecule has 0 atom stereocenters. The molecule has 0 spiro atoms. The molecule has 150 valence electrons. The number of hydrogen-bond acceptors (Lipinski definition) is 6. The molecular weight excluding hydrogens is 419 g/mol. The summed E-state index contributed by atoms with van der Waals surface area (Å²) in [5.74, 6) is 2.13. The van der Waals surface area contributed by atoms with Gasteiger partial charge < -0.3 is 16.0 Å². The van der Waals surface area contributed by atoms with Crippen molar-refractivity contribution >= 4 is 39.9 Å². The van der Waals surface area contributed by atoms with Crippen LogP contribution in [-0.2, 0) is 0 Å². The molecule has 2 heterocycles. The summed E-state index contributed by atoms with van der Waals surface area (Å²) < 4.78 is 0. The molecule has 0 saturated carbocycles. The van der Waals surface area contributed by atoms with Crippen molar-refractivity contribution in [1.29, 1.82) is 5.26 Å². The van der Waals surface area contributed by atoms with E-state index in [0.29, 0.717) is 46.6 Å². The number of nitriles is 1. The Morgan fingerprint density at radius 3 is 2.63 bits per heavy atom. The van der Waals surface area contributed by atoms with Crippen LogP contribution in [0.4, 0.5) is 5.82 Å². The van der Waals surface area contributed by atoms with Crippen LogP contribution in [0.1, 0.15) is 0 Å². The number of allylic oxidation sites excluding steroid dienone is 2. The zero-order valence-corrected chi connectivity index (χ0v) is 17.4. The summed E-state index contributed by atoms with van der Waals surface area (Å²) in [6, 6.07) is 15.4. The number of nitrogens with one attached hydrogen (secondary N) is 3. The van der Waals surface area contributed by atoms with E-state index < -0.39 is 0 Å². The molecule has 1 aromatic heterocycles. The fourth-order valence-electron chi connectivity index (χ4n) is 3.08. The third-order valence-corrected chi connectivity index (χ3v) is 5.41. The van der Waals surface area contributed by atoms with E-state index in [2.05, 4.69) is 27.0 Å². The smallest absolute Gasteiger partial charge is 0.163 e. The van der Waals surface area contributed by atoms with Gasteiger partial charge >= 0.3 is 0 Å². The molecule has 1 aliphatic rings. The molecule has 0 radical (unpaired) electrons. The Bertz CT molecular complexity index is 1200. The number of fused-ring (bicyclic) bond motifs is 1. The van der Waals surface area contributed by atoms with Crippen LogP contribution in [0.15, 0.2) is 66.0 Å². The SMILES string of the molecule is N#CC1=CC=C(NCCNc2nc(-c3cccc(Cl)c3Cl)nc3ccccc23)NC1. The molecule has 0 fully saturated rings. The Morgan fingerprint density at radius 1 is 1.00 bits per heavy atom. The highest BCUT2D eigenvalue weighted by Crippen LogP contribution is 2.33. The lowest BCUT2D eigenvalue weighted by Gasteiger charge is -2.17. The monoisotopic (exact) mass is 436 g/mol. The second-order valence-electron chi connectivity index (χ2n) is 6.61. The van der Waals surface area contributed by atoms with Gasteiger partial charge in [-0.25, -0.2) is 9.97 Å². The average Bonchev–Trinajstić information content (AvgIpc) is 2.78. The molecule has 2 aromatic carbocycles. The molecular formula is C22H18Cl2N6. The second-order valence-corrected chi connectivity index (χ2v) is 7.39. The first-order valence-corrected chi connectivity index (χ1v) is 10.1. The minimum atomic E-state index is 0.433. The quantitative estimate of drug-likeness (QED) is 0.493. The summed E-state index contributed by atoms with van der Waals surface area (Å²) in [6.45, 7) is 1.83. The topological polar surface area (TPSA) is 85.7 Å². The van der Waals surface area contributed by atoms with E-state index >= 15 is 0 Å². The number of anilines is 1. The molecule has 6 nitrogen and oxygen atoms in total. The van der Waals surface area contributed by atoms with Crippen LogP contribution in [0.25, 0.3) is 22.3 Å². The maximum absolute atomic E-state index is 8.90. The van der Waals surface area contributed by atoms with Gasteiger partial charge in [-0.3, -0.25) is 0 Å². The molecule has 30 heavy (non-hydrogen) atoms. The number of para-hydroxylation sites is 1. The van der Waals surface area contributed by atoms with E-state index in [0.717, 1.165) is 22.5 Å². The first kappa shape index (κ1) is 20.0. The predicted molar refractivity (Wildman–Crippen MR) is 121 cm³/mol. The third-order valence-electron chi connectivity index (χ3n) is 4.59. The molecule has 3 aromatic rings. The highest BCUT2D eigenvalue weighted by atomic mass is 35.5. The van der Waals surface area contributed by atoms with Crippen molar-refractivity contribution in [3.8, 4) is 17.5 Å². The van der Waals surface area contributed by atoms with Crippen LogP contribution >= 0.6 is 23.2 Å². The molecule has 0 aliphatic carbocycles. The maximum Gasteiger partial charge on any atom is 0.163 e. The second kappa shape index (κ2) is 9.04. The Labute approximate surface area is 184 Å². The van der Waals surface area contributed by atoms with Crippen molar-refractivity contribution in [3.63, 3.8) is 0 Å². The van der Waals surface area contributed by atoms with Gasteiger partial charge in [0.2, 0.25) is 0 Å². The standard InChI is InChI=1S/C22H18Cl2N6/c23-17-6-3-5-16(20(17)24)22-29-18-7-2-1-4-15(18)21(30-22)27-11-10-26-19-9-8-14(12-25)13-28-19/h1-9,26,28H,10-11,13H2,(H,27,29,30). The van der Waals surface area contributed by atoms with Gasteiger partial charge in [-0.2, -0.15) is 5.26 Å². The lowest BCUT2D eigenvalue weighted by Crippen LogP contribution is -2.32. The fraction of sp³-hybridized carbons (Fsp3) is 0.136. The van der Waals surface area contributed by atoms with Crippen LogP contribution in [0.3, 0.4) is 0 Å². The highest BCUT2D eigenvalue weighted by Gasteiger charge is 2.13. The van der Waals surface area contributed by atoms with Gasteiger partial charge in [-0.15, -0.1) is 0 Å². The molecule has 8 heteroatoms. The van der Waals surface area contributed by atoms with Gasteiger partial charge in [0.15, 0.2) is 5.82 Å². The van der Waals surface area contributed by atoms with E-state index in [9.17, 15) is 0 Å². The zero-order chi connectivity index (χ0) is 20.9. The van der Waals surface area contributed by atoms with Crippen molar-refractivity contribution in [2.45, 2.75) is 0 Å². The zero-order valence-electron chi connectivity index (χ0n) is 15.9. The summed E-state index contributed by atoms with van der Waals surface area (Å²) in [7, 11) is 0. The summed E-state index contributed by atoms with van der Waals surface area (Å²) in [5, 5.41) is 20.6. The molecule has 0 unspecified atom stereocenters. The lowest BCUT2D eigenvalue weighted by molar-refractivity contribution is 0.711. The molecule has 3 N–H and O–H groups in total. The largest absolute Gasteiger partial charge is 0.370 e. The van der Waals surface area contributed by atoms with Gasteiger partial charge in [0.1, 0.15) is 5.82 Å². The fourth-order valence-corrected chi connectivity index (χ4v) is 3.46. The van der Waals surface area contributed by atoms with Gasteiger partial charge in [0.05, 0.1) is 34.0 Å². The molecule has 0 bridgehead atoms. The van der Waals surface area contributed by atoms with E-state index in [4.69, 9.17) is 33.4 Å². The lowest BCUT2D eigenvalue weighted by atomic mass is 10.2. The molecule has 4 rings (SSSR count). The van der Waals surface area contributed by atoms with Gasteiger partial charge in [0, 0.05) is 29.6 Å².